The second-order valence-corrected chi connectivity index (χ2v) is 3.53. The Hall–Kier alpha value is -2.36. The topological polar surface area (TPSA) is 52.3 Å². The van der Waals surface area contributed by atoms with E-state index in [1.54, 1.807) is 55.9 Å². The summed E-state index contributed by atoms with van der Waals surface area (Å²) in [5, 5.41) is 0. The highest BCUT2D eigenvalue weighted by atomic mass is 16.5. The first kappa shape index (κ1) is 12.1. The Morgan fingerprint density at radius 2 is 2.17 bits per heavy atom. The van der Waals surface area contributed by atoms with Gasteiger partial charge in [-0.25, -0.2) is 4.79 Å². The van der Waals surface area contributed by atoms with Crippen LogP contribution in [0.4, 0.5) is 0 Å². The van der Waals surface area contributed by atoms with Gasteiger partial charge in [0.15, 0.2) is 0 Å². The van der Waals surface area contributed by atoms with Crippen molar-refractivity contribution in [1.29, 1.82) is 0 Å². The predicted octanol–water partition coefficient (Wildman–Crippen LogP) is 2.78. The van der Waals surface area contributed by atoms with Crippen LogP contribution in [0, 0.1) is 0 Å². The van der Waals surface area contributed by atoms with Crippen LogP contribution in [0.1, 0.15) is 18.2 Å². The van der Waals surface area contributed by atoms with Crippen molar-refractivity contribution in [3.8, 4) is 0 Å². The fourth-order valence-corrected chi connectivity index (χ4v) is 1.52. The lowest BCUT2D eigenvalue weighted by atomic mass is 10.1. The zero-order valence-corrected chi connectivity index (χ0v) is 10.00. The van der Waals surface area contributed by atoms with E-state index >= 15 is 0 Å². The van der Waals surface area contributed by atoms with Gasteiger partial charge in [-0.05, 0) is 42.8 Å². The van der Waals surface area contributed by atoms with Gasteiger partial charge in [0.2, 0.25) is 0 Å². The highest BCUT2D eigenvalue weighted by molar-refractivity contribution is 6.21. The van der Waals surface area contributed by atoms with Crippen LogP contribution in [0.2, 0.25) is 0 Å². The zero-order valence-electron chi connectivity index (χ0n) is 10.00. The molecule has 0 saturated carbocycles. The van der Waals surface area contributed by atoms with Crippen LogP contribution in [0.3, 0.4) is 0 Å². The van der Waals surface area contributed by atoms with Gasteiger partial charge in [-0.2, -0.15) is 0 Å². The fourth-order valence-electron chi connectivity index (χ4n) is 1.52. The minimum atomic E-state index is -0.375. The molecule has 0 N–H and O–H groups in total. The molecule has 0 aromatic carbocycles. The molecule has 0 saturated heterocycles. The molecule has 0 bridgehead atoms. The normalized spacial score (nSPS) is 11.3. The quantitative estimate of drug-likeness (QED) is 0.612. The van der Waals surface area contributed by atoms with Crippen LogP contribution >= 0.6 is 0 Å². The number of hydrogen-bond acceptors (Lipinski definition) is 4. The summed E-state index contributed by atoms with van der Waals surface area (Å²) in [7, 11) is 0. The largest absolute Gasteiger partial charge is 0.465 e. The number of aromatic nitrogens is 1. The molecule has 0 aliphatic carbocycles. The van der Waals surface area contributed by atoms with E-state index in [0.717, 1.165) is 5.56 Å². The molecule has 92 valence electrons. The summed E-state index contributed by atoms with van der Waals surface area (Å²) >= 11 is 0. The first-order valence-corrected chi connectivity index (χ1v) is 5.64. The molecule has 0 spiro atoms. The maximum atomic E-state index is 11.9. The van der Waals surface area contributed by atoms with Crippen LogP contribution in [0.15, 0.2) is 47.3 Å². The first-order valence-electron chi connectivity index (χ1n) is 5.64. The van der Waals surface area contributed by atoms with Crippen molar-refractivity contribution in [2.45, 2.75) is 6.92 Å². The number of pyridine rings is 1. The van der Waals surface area contributed by atoms with Crippen molar-refractivity contribution in [2.24, 2.45) is 0 Å². The summed E-state index contributed by atoms with van der Waals surface area (Å²) in [6.07, 6.45) is 6.48. The maximum Gasteiger partial charge on any atom is 0.338 e. The Morgan fingerprint density at radius 3 is 2.78 bits per heavy atom. The van der Waals surface area contributed by atoms with E-state index < -0.39 is 0 Å². The fraction of sp³-hybridized carbons (Fsp3) is 0.143. The van der Waals surface area contributed by atoms with Gasteiger partial charge in [0.1, 0.15) is 5.76 Å². The van der Waals surface area contributed by atoms with Gasteiger partial charge in [-0.15, -0.1) is 0 Å². The second kappa shape index (κ2) is 5.82. The molecule has 0 unspecified atom stereocenters. The Labute approximate surface area is 105 Å². The van der Waals surface area contributed by atoms with Gasteiger partial charge < -0.3 is 9.15 Å². The van der Waals surface area contributed by atoms with Crippen LogP contribution in [0.25, 0.3) is 11.6 Å². The number of esters is 1. The summed E-state index contributed by atoms with van der Waals surface area (Å²) in [6.45, 7) is 2.11. The second-order valence-electron chi connectivity index (χ2n) is 3.53. The predicted molar refractivity (Wildman–Crippen MR) is 67.4 cm³/mol. The smallest absolute Gasteiger partial charge is 0.338 e. The Bertz CT molecular complexity index is 529. The highest BCUT2D eigenvalue weighted by Crippen LogP contribution is 2.19. The van der Waals surface area contributed by atoms with Crippen molar-refractivity contribution in [2.75, 3.05) is 6.61 Å². The van der Waals surface area contributed by atoms with Gasteiger partial charge in [0, 0.05) is 12.4 Å². The summed E-state index contributed by atoms with van der Waals surface area (Å²) < 4.78 is 10.3. The number of rotatable bonds is 4. The maximum absolute atomic E-state index is 11.9. The van der Waals surface area contributed by atoms with Gasteiger partial charge in [-0.1, -0.05) is 0 Å². The molecule has 0 amide bonds. The van der Waals surface area contributed by atoms with Crippen LogP contribution < -0.4 is 0 Å². The lowest BCUT2D eigenvalue weighted by molar-refractivity contribution is -0.136. The number of carbonyl (C=O) groups excluding carboxylic acids is 1. The molecule has 4 heteroatoms. The molecule has 2 heterocycles. The van der Waals surface area contributed by atoms with Crippen molar-refractivity contribution in [3.05, 3.63) is 54.2 Å². The molecule has 0 atom stereocenters. The first-order chi connectivity index (χ1) is 8.81. The third-order valence-electron chi connectivity index (χ3n) is 2.32. The van der Waals surface area contributed by atoms with Gasteiger partial charge in [-0.3, -0.25) is 4.98 Å². The van der Waals surface area contributed by atoms with Gasteiger partial charge in [0.25, 0.3) is 0 Å². The van der Waals surface area contributed by atoms with E-state index in [9.17, 15) is 4.79 Å². The Kier molecular flexibility index (Phi) is 3.91. The monoisotopic (exact) mass is 243 g/mol. The number of hydrogen-bond donors (Lipinski definition) is 0. The standard InChI is InChI=1S/C14H13NO3/c1-2-17-14(16)13(10-12-4-3-9-18-12)11-5-7-15-8-6-11/h3-10H,2H2,1H3. The van der Waals surface area contributed by atoms with Crippen LogP contribution in [-0.2, 0) is 9.53 Å². The molecule has 4 nitrogen and oxygen atoms in total. The molecular weight excluding hydrogens is 230 g/mol. The summed E-state index contributed by atoms with van der Waals surface area (Å²) in [5.41, 5.74) is 1.20. The summed E-state index contributed by atoms with van der Waals surface area (Å²) in [6, 6.07) is 7.05. The average Bonchev–Trinajstić information content (AvgIpc) is 2.90. The number of furan rings is 1. The van der Waals surface area contributed by atoms with Crippen molar-refractivity contribution < 1.29 is 13.9 Å². The molecule has 2 aromatic rings. The highest BCUT2D eigenvalue weighted by Gasteiger charge is 2.13. The average molecular weight is 243 g/mol. The third-order valence-corrected chi connectivity index (χ3v) is 2.32. The lowest BCUT2D eigenvalue weighted by Crippen LogP contribution is -2.06. The van der Waals surface area contributed by atoms with E-state index in [1.807, 2.05) is 0 Å². The van der Waals surface area contributed by atoms with E-state index in [1.165, 1.54) is 0 Å². The van der Waals surface area contributed by atoms with Crippen molar-refractivity contribution in [1.82, 2.24) is 4.98 Å². The molecule has 0 fully saturated rings. The van der Waals surface area contributed by atoms with E-state index in [-0.39, 0.29) is 5.97 Å². The molecular formula is C14H13NO3. The summed E-state index contributed by atoms with van der Waals surface area (Å²) in [4.78, 5) is 15.8. The SMILES string of the molecule is CCOC(=O)C(=Cc1ccco1)c1ccncc1. The minimum Gasteiger partial charge on any atom is -0.465 e. The van der Waals surface area contributed by atoms with Crippen molar-refractivity contribution in [3.63, 3.8) is 0 Å². The van der Waals surface area contributed by atoms with E-state index in [2.05, 4.69) is 4.98 Å². The Morgan fingerprint density at radius 1 is 1.39 bits per heavy atom. The van der Waals surface area contributed by atoms with Gasteiger partial charge in [0.05, 0.1) is 18.4 Å². The van der Waals surface area contributed by atoms with Crippen LogP contribution in [0.5, 0.6) is 0 Å². The zero-order chi connectivity index (χ0) is 12.8. The molecule has 0 aliphatic heterocycles. The Balaban J connectivity index is 2.38. The van der Waals surface area contributed by atoms with Crippen molar-refractivity contribution >= 4 is 17.6 Å². The molecule has 18 heavy (non-hydrogen) atoms. The molecule has 2 aromatic heterocycles. The molecule has 2 rings (SSSR count). The van der Waals surface area contributed by atoms with E-state index in [0.29, 0.717) is 17.9 Å². The minimum absolute atomic E-state index is 0.333. The third kappa shape index (κ3) is 2.85. The van der Waals surface area contributed by atoms with E-state index in [4.69, 9.17) is 9.15 Å². The number of carbonyl (C=O) groups is 1. The molecule has 0 aliphatic rings. The molecule has 0 radical (unpaired) electrons. The number of nitrogens with zero attached hydrogens (tertiary/aromatic N) is 1. The van der Waals surface area contributed by atoms with Gasteiger partial charge >= 0.3 is 5.97 Å². The van der Waals surface area contributed by atoms with Crippen LogP contribution in [-0.4, -0.2) is 17.6 Å². The lowest BCUT2D eigenvalue weighted by Gasteiger charge is -2.06. The summed E-state index contributed by atoms with van der Waals surface area (Å²) in [5.74, 6) is 0.231. The number of ether oxygens (including phenoxy) is 1.